The number of carbonyl (C=O) groups is 1. The van der Waals surface area contributed by atoms with Gasteiger partial charge in [-0.3, -0.25) is 4.79 Å². The first-order valence-corrected chi connectivity index (χ1v) is 7.01. The Morgan fingerprint density at radius 3 is 2.33 bits per heavy atom. The monoisotopic (exact) mass is 294 g/mol. The van der Waals surface area contributed by atoms with Gasteiger partial charge in [0, 0.05) is 18.2 Å². The molecule has 0 aromatic heterocycles. The average molecular weight is 294 g/mol. The standard InChI is InChI=1S/C15H22N2O4/c1-19-12-7-10(8-13(20-2)14(12)21-3)15(18)17-11-5-4-6-16-9-11/h7-8,11,16H,4-6,9H2,1-3H3,(H,17,18)/t11-/m1/s1. The summed E-state index contributed by atoms with van der Waals surface area (Å²) in [6.07, 6.45) is 2.06. The molecule has 1 aromatic carbocycles. The van der Waals surface area contributed by atoms with Crippen molar-refractivity contribution in [1.82, 2.24) is 10.6 Å². The molecule has 1 amide bonds. The van der Waals surface area contributed by atoms with E-state index in [9.17, 15) is 4.79 Å². The van der Waals surface area contributed by atoms with Gasteiger partial charge in [0.2, 0.25) is 5.75 Å². The molecule has 0 unspecified atom stereocenters. The largest absolute Gasteiger partial charge is 0.493 e. The van der Waals surface area contributed by atoms with Crippen molar-refractivity contribution in [3.05, 3.63) is 17.7 Å². The third kappa shape index (κ3) is 3.58. The molecule has 0 aliphatic carbocycles. The van der Waals surface area contributed by atoms with E-state index in [2.05, 4.69) is 10.6 Å². The molecule has 1 aliphatic rings. The number of amides is 1. The van der Waals surface area contributed by atoms with Crippen molar-refractivity contribution >= 4 is 5.91 Å². The van der Waals surface area contributed by atoms with Gasteiger partial charge < -0.3 is 24.8 Å². The lowest BCUT2D eigenvalue weighted by Crippen LogP contribution is -2.45. The molecule has 0 radical (unpaired) electrons. The van der Waals surface area contributed by atoms with Gasteiger partial charge in [-0.15, -0.1) is 0 Å². The van der Waals surface area contributed by atoms with Gasteiger partial charge in [0.25, 0.3) is 5.91 Å². The maximum Gasteiger partial charge on any atom is 0.251 e. The van der Waals surface area contributed by atoms with E-state index in [4.69, 9.17) is 14.2 Å². The van der Waals surface area contributed by atoms with Gasteiger partial charge in [0.05, 0.1) is 21.3 Å². The smallest absolute Gasteiger partial charge is 0.251 e. The summed E-state index contributed by atoms with van der Waals surface area (Å²) in [5.41, 5.74) is 0.495. The Kier molecular flexibility index (Phi) is 5.27. The van der Waals surface area contributed by atoms with Gasteiger partial charge in [0.1, 0.15) is 0 Å². The molecular weight excluding hydrogens is 272 g/mol. The number of nitrogens with one attached hydrogen (secondary N) is 2. The molecule has 0 spiro atoms. The molecule has 1 aromatic rings. The normalized spacial score (nSPS) is 18.0. The summed E-state index contributed by atoms with van der Waals surface area (Å²) in [6.45, 7) is 1.81. The zero-order valence-corrected chi connectivity index (χ0v) is 12.7. The summed E-state index contributed by atoms with van der Waals surface area (Å²) in [4.78, 5) is 12.4. The zero-order chi connectivity index (χ0) is 15.2. The summed E-state index contributed by atoms with van der Waals surface area (Å²) in [7, 11) is 4.60. The van der Waals surface area contributed by atoms with Crippen LogP contribution in [0.15, 0.2) is 12.1 Å². The molecule has 1 fully saturated rings. The second-order valence-corrected chi connectivity index (χ2v) is 4.93. The maximum absolute atomic E-state index is 12.4. The van der Waals surface area contributed by atoms with Gasteiger partial charge in [0.15, 0.2) is 11.5 Å². The Balaban J connectivity index is 2.19. The summed E-state index contributed by atoms with van der Waals surface area (Å²) in [5.74, 6) is 1.30. The molecule has 1 heterocycles. The molecule has 116 valence electrons. The summed E-state index contributed by atoms with van der Waals surface area (Å²) in [6, 6.07) is 3.48. The molecule has 0 bridgehead atoms. The fourth-order valence-electron chi connectivity index (χ4n) is 2.46. The number of hydrogen-bond acceptors (Lipinski definition) is 5. The van der Waals surface area contributed by atoms with Crippen molar-refractivity contribution in [3.8, 4) is 17.2 Å². The number of rotatable bonds is 5. The Labute approximate surface area is 124 Å². The minimum atomic E-state index is -0.136. The van der Waals surface area contributed by atoms with Crippen LogP contribution in [0.1, 0.15) is 23.2 Å². The summed E-state index contributed by atoms with van der Waals surface area (Å²) >= 11 is 0. The number of benzene rings is 1. The molecule has 6 heteroatoms. The topological polar surface area (TPSA) is 68.8 Å². The fraction of sp³-hybridized carbons (Fsp3) is 0.533. The van der Waals surface area contributed by atoms with Crippen molar-refractivity contribution in [3.63, 3.8) is 0 Å². The first kappa shape index (κ1) is 15.4. The molecule has 21 heavy (non-hydrogen) atoms. The molecule has 2 N–H and O–H groups in total. The first-order valence-electron chi connectivity index (χ1n) is 7.01. The Hall–Kier alpha value is -1.95. The number of carbonyl (C=O) groups excluding carboxylic acids is 1. The minimum absolute atomic E-state index is 0.136. The SMILES string of the molecule is COc1cc(C(=O)N[C@@H]2CCCNC2)cc(OC)c1OC. The van der Waals surface area contributed by atoms with Crippen LogP contribution in [0.5, 0.6) is 17.2 Å². The number of piperidine rings is 1. The lowest BCUT2D eigenvalue weighted by molar-refractivity contribution is 0.0930. The van der Waals surface area contributed by atoms with Crippen molar-refractivity contribution in [2.24, 2.45) is 0 Å². The molecular formula is C15H22N2O4. The average Bonchev–Trinajstić information content (AvgIpc) is 2.54. The summed E-state index contributed by atoms with van der Waals surface area (Å²) in [5, 5.41) is 6.29. The predicted octanol–water partition coefficient (Wildman–Crippen LogP) is 1.19. The van der Waals surface area contributed by atoms with Crippen molar-refractivity contribution in [2.75, 3.05) is 34.4 Å². The van der Waals surface area contributed by atoms with E-state index in [0.717, 1.165) is 25.9 Å². The van der Waals surface area contributed by atoms with Gasteiger partial charge in [-0.1, -0.05) is 0 Å². The van der Waals surface area contributed by atoms with Crippen molar-refractivity contribution in [1.29, 1.82) is 0 Å². The van der Waals surface area contributed by atoms with Crippen LogP contribution >= 0.6 is 0 Å². The van der Waals surface area contributed by atoms with Crippen LogP contribution in [-0.2, 0) is 0 Å². The van der Waals surface area contributed by atoms with Gasteiger partial charge in [-0.2, -0.15) is 0 Å². The van der Waals surface area contributed by atoms with Crippen LogP contribution < -0.4 is 24.8 Å². The molecule has 1 saturated heterocycles. The van der Waals surface area contributed by atoms with Crippen LogP contribution in [0, 0.1) is 0 Å². The highest BCUT2D eigenvalue weighted by Crippen LogP contribution is 2.38. The number of methoxy groups -OCH3 is 3. The number of ether oxygens (including phenoxy) is 3. The van der Waals surface area contributed by atoms with E-state index in [0.29, 0.717) is 22.8 Å². The second-order valence-electron chi connectivity index (χ2n) is 4.93. The third-order valence-electron chi connectivity index (χ3n) is 3.56. The first-order chi connectivity index (χ1) is 10.2. The minimum Gasteiger partial charge on any atom is -0.493 e. The van der Waals surface area contributed by atoms with E-state index in [1.807, 2.05) is 0 Å². The van der Waals surface area contributed by atoms with Crippen LogP contribution in [0.3, 0.4) is 0 Å². The van der Waals surface area contributed by atoms with Gasteiger partial charge >= 0.3 is 0 Å². The van der Waals surface area contributed by atoms with E-state index in [-0.39, 0.29) is 11.9 Å². The van der Waals surface area contributed by atoms with E-state index in [1.165, 1.54) is 21.3 Å². The number of hydrogen-bond donors (Lipinski definition) is 2. The van der Waals surface area contributed by atoms with Crippen molar-refractivity contribution in [2.45, 2.75) is 18.9 Å². The molecule has 2 rings (SSSR count). The van der Waals surface area contributed by atoms with Crippen LogP contribution in [0.4, 0.5) is 0 Å². The highest BCUT2D eigenvalue weighted by atomic mass is 16.5. The fourth-order valence-corrected chi connectivity index (χ4v) is 2.46. The van der Waals surface area contributed by atoms with E-state index in [1.54, 1.807) is 12.1 Å². The second kappa shape index (κ2) is 7.17. The zero-order valence-electron chi connectivity index (χ0n) is 12.7. The van der Waals surface area contributed by atoms with Gasteiger partial charge in [-0.25, -0.2) is 0 Å². The predicted molar refractivity (Wildman–Crippen MR) is 79.5 cm³/mol. The molecule has 1 aliphatic heterocycles. The van der Waals surface area contributed by atoms with E-state index >= 15 is 0 Å². The highest BCUT2D eigenvalue weighted by Gasteiger charge is 2.20. The highest BCUT2D eigenvalue weighted by molar-refractivity contribution is 5.95. The molecule has 1 atom stereocenters. The molecule has 0 saturated carbocycles. The Morgan fingerprint density at radius 1 is 1.19 bits per heavy atom. The lowest BCUT2D eigenvalue weighted by Gasteiger charge is -2.24. The van der Waals surface area contributed by atoms with Crippen molar-refractivity contribution < 1.29 is 19.0 Å². The van der Waals surface area contributed by atoms with Crippen LogP contribution in [0.25, 0.3) is 0 Å². The Bertz CT molecular complexity index is 473. The molecule has 6 nitrogen and oxygen atoms in total. The Morgan fingerprint density at radius 2 is 1.86 bits per heavy atom. The lowest BCUT2D eigenvalue weighted by atomic mass is 10.1. The summed E-state index contributed by atoms with van der Waals surface area (Å²) < 4.78 is 15.8. The quantitative estimate of drug-likeness (QED) is 0.854. The van der Waals surface area contributed by atoms with Gasteiger partial charge in [-0.05, 0) is 31.5 Å². The third-order valence-corrected chi connectivity index (χ3v) is 3.56. The van der Waals surface area contributed by atoms with E-state index < -0.39 is 0 Å². The van der Waals surface area contributed by atoms with Crippen LogP contribution in [0.2, 0.25) is 0 Å². The maximum atomic E-state index is 12.4. The van der Waals surface area contributed by atoms with Crippen LogP contribution in [-0.4, -0.2) is 46.4 Å².